The molecule has 6 heteroatoms. The lowest BCUT2D eigenvalue weighted by Gasteiger charge is -2.19. The summed E-state index contributed by atoms with van der Waals surface area (Å²) >= 11 is 8.63. The maximum atomic E-state index is 12.4. The first-order valence-corrected chi connectivity index (χ1v) is 8.42. The molecule has 0 saturated carbocycles. The van der Waals surface area contributed by atoms with Gasteiger partial charge in [-0.2, -0.15) is 0 Å². The van der Waals surface area contributed by atoms with E-state index in [0.717, 1.165) is 21.3 Å². The quantitative estimate of drug-likeness (QED) is 0.536. The zero-order valence-corrected chi connectivity index (χ0v) is 13.2. The van der Waals surface area contributed by atoms with Crippen molar-refractivity contribution in [3.63, 3.8) is 0 Å². The fourth-order valence-corrected chi connectivity index (χ4v) is 4.11. The molecule has 0 unspecified atom stereocenters. The van der Waals surface area contributed by atoms with Crippen LogP contribution < -0.4 is 0 Å². The third kappa shape index (κ3) is 4.42. The van der Waals surface area contributed by atoms with Crippen molar-refractivity contribution in [2.75, 3.05) is 19.4 Å². The van der Waals surface area contributed by atoms with Crippen molar-refractivity contribution < 1.29 is 13.6 Å². The maximum Gasteiger partial charge on any atom is 0.335 e. The maximum absolute atomic E-state index is 12.4. The molecule has 0 heterocycles. The van der Waals surface area contributed by atoms with Gasteiger partial charge in [0.2, 0.25) is 0 Å². The second kappa shape index (κ2) is 6.95. The van der Waals surface area contributed by atoms with E-state index in [4.69, 9.17) is 21.3 Å². The zero-order valence-electron chi connectivity index (χ0n) is 9.94. The number of thiocarbonyl (C=S) groups is 1. The van der Waals surface area contributed by atoms with Crippen molar-refractivity contribution in [1.82, 2.24) is 0 Å². The predicted octanol–water partition coefficient (Wildman–Crippen LogP) is 4.23. The van der Waals surface area contributed by atoms with Crippen molar-refractivity contribution in [1.29, 1.82) is 0 Å². The SMILES string of the molecule is CCOP(=O)(CC1=C(Br)C(=S)CC=C1)OCC. The predicted molar refractivity (Wildman–Crippen MR) is 78.0 cm³/mol. The van der Waals surface area contributed by atoms with E-state index in [1.165, 1.54) is 0 Å². The fourth-order valence-electron chi connectivity index (χ4n) is 1.50. The van der Waals surface area contributed by atoms with Crippen LogP contribution in [0.5, 0.6) is 0 Å². The van der Waals surface area contributed by atoms with Crippen LogP contribution in [0.25, 0.3) is 0 Å². The van der Waals surface area contributed by atoms with Gasteiger partial charge in [0.05, 0.1) is 19.4 Å². The van der Waals surface area contributed by atoms with Crippen LogP contribution in [0, 0.1) is 0 Å². The molecule has 0 saturated heterocycles. The summed E-state index contributed by atoms with van der Waals surface area (Å²) in [6, 6.07) is 0. The highest BCUT2D eigenvalue weighted by Crippen LogP contribution is 2.50. The summed E-state index contributed by atoms with van der Waals surface area (Å²) < 4.78 is 23.7. The number of hydrogen-bond donors (Lipinski definition) is 0. The smallest absolute Gasteiger partial charge is 0.309 e. The van der Waals surface area contributed by atoms with Gasteiger partial charge in [-0.3, -0.25) is 4.57 Å². The van der Waals surface area contributed by atoms with Crippen molar-refractivity contribution in [3.05, 3.63) is 22.2 Å². The molecular weight excluding hydrogens is 323 g/mol. The third-order valence-electron chi connectivity index (χ3n) is 2.16. The summed E-state index contributed by atoms with van der Waals surface area (Å²) in [5.41, 5.74) is 0.881. The van der Waals surface area contributed by atoms with E-state index in [2.05, 4.69) is 15.9 Å². The minimum Gasteiger partial charge on any atom is -0.309 e. The van der Waals surface area contributed by atoms with Crippen molar-refractivity contribution >= 4 is 40.6 Å². The highest BCUT2D eigenvalue weighted by atomic mass is 79.9. The largest absolute Gasteiger partial charge is 0.335 e. The molecule has 0 spiro atoms. The van der Waals surface area contributed by atoms with Crippen LogP contribution in [-0.2, 0) is 13.6 Å². The van der Waals surface area contributed by atoms with Gasteiger partial charge in [-0.1, -0.05) is 24.4 Å². The lowest BCUT2D eigenvalue weighted by molar-refractivity contribution is 0.222. The Bertz CT molecular complexity index is 394. The Morgan fingerprint density at radius 2 is 2.00 bits per heavy atom. The molecule has 3 nitrogen and oxygen atoms in total. The van der Waals surface area contributed by atoms with E-state index in [1.807, 2.05) is 12.2 Å². The van der Waals surface area contributed by atoms with Gasteiger partial charge < -0.3 is 9.05 Å². The van der Waals surface area contributed by atoms with Crippen molar-refractivity contribution in [3.8, 4) is 0 Å². The molecule has 0 N–H and O–H groups in total. The van der Waals surface area contributed by atoms with E-state index in [0.29, 0.717) is 13.2 Å². The minimum atomic E-state index is -3.05. The summed E-state index contributed by atoms with van der Waals surface area (Å²) in [4.78, 5) is 0.821. The highest BCUT2D eigenvalue weighted by Gasteiger charge is 2.27. The second-order valence-electron chi connectivity index (χ2n) is 3.47. The van der Waals surface area contributed by atoms with Crippen LogP contribution in [0.3, 0.4) is 0 Å². The van der Waals surface area contributed by atoms with Gasteiger partial charge in [0, 0.05) is 15.8 Å². The molecule has 0 fully saturated rings. The summed E-state index contributed by atoms with van der Waals surface area (Å²) in [6.07, 6.45) is 4.88. The molecule has 1 aliphatic carbocycles. The van der Waals surface area contributed by atoms with Gasteiger partial charge in [-0.05, 0) is 35.4 Å². The Hall–Kier alpha value is 0.200. The third-order valence-corrected chi connectivity index (χ3v) is 5.82. The van der Waals surface area contributed by atoms with Crippen LogP contribution in [-0.4, -0.2) is 24.2 Å². The lowest BCUT2D eigenvalue weighted by atomic mass is 10.1. The molecule has 0 bridgehead atoms. The molecule has 0 aromatic heterocycles. The van der Waals surface area contributed by atoms with E-state index < -0.39 is 7.60 Å². The molecule has 0 aromatic rings. The summed E-state index contributed by atoms with van der Waals surface area (Å²) in [7, 11) is -3.05. The zero-order chi connectivity index (χ0) is 12.9. The summed E-state index contributed by atoms with van der Waals surface area (Å²) in [5, 5.41) is 0. The highest BCUT2D eigenvalue weighted by molar-refractivity contribution is 9.12. The Morgan fingerprint density at radius 3 is 2.53 bits per heavy atom. The van der Waals surface area contributed by atoms with Crippen LogP contribution in [0.15, 0.2) is 22.2 Å². The van der Waals surface area contributed by atoms with Gasteiger partial charge in [0.25, 0.3) is 0 Å². The standard InChI is InChI=1S/C11H16BrO3PS/c1-3-14-16(13,15-4-2)8-9-6-5-7-10(17)11(9)12/h5-6H,3-4,7-8H2,1-2H3. The van der Waals surface area contributed by atoms with E-state index in [9.17, 15) is 4.57 Å². The van der Waals surface area contributed by atoms with Gasteiger partial charge in [0.1, 0.15) is 0 Å². The van der Waals surface area contributed by atoms with Crippen LogP contribution >= 0.6 is 35.7 Å². The molecule has 0 atom stereocenters. The minimum absolute atomic E-state index is 0.256. The van der Waals surface area contributed by atoms with Gasteiger partial charge >= 0.3 is 7.60 Å². The average Bonchev–Trinajstić information content (AvgIpc) is 2.25. The van der Waals surface area contributed by atoms with Crippen molar-refractivity contribution in [2.45, 2.75) is 20.3 Å². The lowest BCUT2D eigenvalue weighted by Crippen LogP contribution is -2.07. The van der Waals surface area contributed by atoms with Crippen LogP contribution in [0.4, 0.5) is 0 Å². The first-order valence-electron chi connectivity index (χ1n) is 5.49. The summed E-state index contributed by atoms with van der Waals surface area (Å²) in [6.45, 7) is 4.35. The van der Waals surface area contributed by atoms with Gasteiger partial charge in [-0.25, -0.2) is 0 Å². The monoisotopic (exact) mass is 338 g/mol. The second-order valence-corrected chi connectivity index (χ2v) is 6.81. The van der Waals surface area contributed by atoms with E-state index in [-0.39, 0.29) is 6.16 Å². The molecule has 0 radical (unpaired) electrons. The topological polar surface area (TPSA) is 35.5 Å². The Morgan fingerprint density at radius 1 is 1.41 bits per heavy atom. The Balaban J connectivity index is 2.87. The normalized spacial score (nSPS) is 16.8. The van der Waals surface area contributed by atoms with E-state index in [1.54, 1.807) is 13.8 Å². The van der Waals surface area contributed by atoms with Gasteiger partial charge in [-0.15, -0.1) is 0 Å². The number of halogens is 1. The van der Waals surface area contributed by atoms with Crippen LogP contribution in [0.1, 0.15) is 20.3 Å². The molecular formula is C11H16BrO3PS. The fraction of sp³-hybridized carbons (Fsp3) is 0.545. The van der Waals surface area contributed by atoms with Crippen molar-refractivity contribution in [2.24, 2.45) is 0 Å². The number of rotatable bonds is 6. The summed E-state index contributed by atoms with van der Waals surface area (Å²) in [5.74, 6) is 0. The molecule has 1 rings (SSSR count). The molecule has 0 amide bonds. The van der Waals surface area contributed by atoms with Gasteiger partial charge in [0.15, 0.2) is 0 Å². The first kappa shape index (κ1) is 15.3. The number of allylic oxidation sites excluding steroid dienone is 4. The molecule has 1 aliphatic rings. The molecule has 0 aromatic carbocycles. The molecule has 0 aliphatic heterocycles. The van der Waals surface area contributed by atoms with Crippen LogP contribution in [0.2, 0.25) is 0 Å². The average molecular weight is 339 g/mol. The first-order chi connectivity index (χ1) is 8.02. The Kier molecular flexibility index (Phi) is 6.24. The number of hydrogen-bond acceptors (Lipinski definition) is 4. The molecule has 96 valence electrons. The Labute approximate surface area is 116 Å². The molecule has 17 heavy (non-hydrogen) atoms. The van der Waals surface area contributed by atoms with E-state index >= 15 is 0 Å².